The van der Waals surface area contributed by atoms with Crippen molar-refractivity contribution >= 4 is 11.5 Å². The van der Waals surface area contributed by atoms with Crippen LogP contribution in [-0.4, -0.2) is 10.8 Å². The van der Waals surface area contributed by atoms with Crippen molar-refractivity contribution in [3.63, 3.8) is 0 Å². The highest BCUT2D eigenvalue weighted by atomic mass is 16.5. The summed E-state index contributed by atoms with van der Waals surface area (Å²) >= 11 is 0. The van der Waals surface area contributed by atoms with E-state index in [2.05, 4.69) is 24.1 Å². The van der Waals surface area contributed by atoms with Crippen LogP contribution in [0.3, 0.4) is 0 Å². The summed E-state index contributed by atoms with van der Waals surface area (Å²) in [5.41, 5.74) is 3.45. The molecule has 1 unspecified atom stereocenters. The van der Waals surface area contributed by atoms with Crippen LogP contribution < -0.4 is 10.1 Å². The molecule has 1 atom stereocenters. The van der Waals surface area contributed by atoms with Gasteiger partial charge in [0.25, 0.3) is 0 Å². The van der Waals surface area contributed by atoms with Gasteiger partial charge in [0.2, 0.25) is 0 Å². The number of Topliss-reactive ketones (excluding diaryl/α,β-unsaturated/α-hetero) is 1. The van der Waals surface area contributed by atoms with Crippen LogP contribution in [0.5, 0.6) is 5.75 Å². The lowest BCUT2D eigenvalue weighted by molar-refractivity contribution is -0.119. The molecular formula is C20H20N2O2. The zero-order chi connectivity index (χ0) is 16.7. The maximum absolute atomic E-state index is 12.9. The number of ketones is 1. The van der Waals surface area contributed by atoms with Crippen molar-refractivity contribution in [1.82, 2.24) is 4.98 Å². The summed E-state index contributed by atoms with van der Waals surface area (Å²) in [6.07, 6.45) is 4.43. The predicted molar refractivity (Wildman–Crippen MR) is 92.7 cm³/mol. The first-order chi connectivity index (χ1) is 11.5. The van der Waals surface area contributed by atoms with Crippen molar-refractivity contribution in [1.29, 1.82) is 0 Å². The van der Waals surface area contributed by atoms with Gasteiger partial charge in [-0.05, 0) is 30.0 Å². The molecule has 0 spiro atoms. The van der Waals surface area contributed by atoms with E-state index >= 15 is 0 Å². The number of fused-ring (bicyclic) bond motifs is 1. The fourth-order valence-electron chi connectivity index (χ4n) is 3.54. The average molecular weight is 320 g/mol. The molecule has 2 aliphatic rings. The number of nitrogens with one attached hydrogen (secondary N) is 1. The monoisotopic (exact) mass is 320 g/mol. The van der Waals surface area contributed by atoms with Gasteiger partial charge in [-0.3, -0.25) is 9.78 Å². The Kier molecular flexibility index (Phi) is 3.41. The Hall–Kier alpha value is -2.62. The fraction of sp³-hybridized carbons (Fsp3) is 0.300. The molecule has 1 N–H and O–H groups in total. The van der Waals surface area contributed by atoms with Crippen LogP contribution in [0.2, 0.25) is 0 Å². The van der Waals surface area contributed by atoms with Crippen LogP contribution in [0, 0.1) is 5.41 Å². The van der Waals surface area contributed by atoms with E-state index in [4.69, 9.17) is 4.74 Å². The molecule has 1 aliphatic carbocycles. The number of pyridine rings is 1. The quantitative estimate of drug-likeness (QED) is 0.852. The molecule has 1 aromatic carbocycles. The maximum Gasteiger partial charge on any atom is 0.165 e. The normalized spacial score (nSPS) is 21.9. The Morgan fingerprint density at radius 1 is 1.17 bits per heavy atom. The van der Waals surface area contributed by atoms with Crippen molar-refractivity contribution in [2.75, 3.05) is 5.32 Å². The van der Waals surface area contributed by atoms with Crippen LogP contribution in [0.1, 0.15) is 38.4 Å². The highest BCUT2D eigenvalue weighted by Gasteiger charge is 2.39. The van der Waals surface area contributed by atoms with E-state index in [-0.39, 0.29) is 11.2 Å². The van der Waals surface area contributed by atoms with E-state index < -0.39 is 6.10 Å². The summed E-state index contributed by atoms with van der Waals surface area (Å²) in [6.45, 7) is 4.26. The molecule has 0 saturated heterocycles. The van der Waals surface area contributed by atoms with Crippen molar-refractivity contribution in [2.45, 2.75) is 32.8 Å². The van der Waals surface area contributed by atoms with Crippen molar-refractivity contribution < 1.29 is 9.53 Å². The van der Waals surface area contributed by atoms with E-state index in [0.29, 0.717) is 6.42 Å². The lowest BCUT2D eigenvalue weighted by atomic mass is 9.74. The van der Waals surface area contributed by atoms with Gasteiger partial charge in [0.15, 0.2) is 11.9 Å². The molecule has 2 heterocycles. The number of rotatable bonds is 1. The third-order valence-electron chi connectivity index (χ3n) is 4.59. The van der Waals surface area contributed by atoms with Gasteiger partial charge in [0.1, 0.15) is 5.75 Å². The first-order valence-corrected chi connectivity index (χ1v) is 8.22. The number of anilines is 1. The topological polar surface area (TPSA) is 51.2 Å². The lowest BCUT2D eigenvalue weighted by Crippen LogP contribution is -2.31. The van der Waals surface area contributed by atoms with Crippen LogP contribution in [0.25, 0.3) is 0 Å². The molecule has 0 fully saturated rings. The molecule has 0 amide bonds. The number of para-hydroxylation sites is 2. The van der Waals surface area contributed by atoms with Gasteiger partial charge in [0, 0.05) is 30.1 Å². The summed E-state index contributed by atoms with van der Waals surface area (Å²) in [6, 6.07) is 11.7. The van der Waals surface area contributed by atoms with Crippen molar-refractivity contribution in [3.05, 3.63) is 65.6 Å². The van der Waals surface area contributed by atoms with Crippen molar-refractivity contribution in [2.24, 2.45) is 5.41 Å². The second-order valence-electron chi connectivity index (χ2n) is 7.24. The first kappa shape index (κ1) is 14.9. The highest BCUT2D eigenvalue weighted by molar-refractivity contribution is 5.99. The molecule has 4 rings (SSSR count). The standard InChI is InChI=1S/C20H20N2O2/c1-20(2)10-15-18(16(23)11-20)19(13-6-5-9-21-12-13)24-17-8-4-3-7-14(17)22-15/h3-9,12,19,22H,10-11H2,1-2H3. The van der Waals surface area contributed by atoms with Crippen LogP contribution in [-0.2, 0) is 4.79 Å². The number of ether oxygens (including phenoxy) is 1. The molecule has 0 radical (unpaired) electrons. The molecule has 24 heavy (non-hydrogen) atoms. The SMILES string of the molecule is CC1(C)CC(=O)C2=C(C1)Nc1ccccc1OC2c1cccnc1. The predicted octanol–water partition coefficient (Wildman–Crippen LogP) is 4.27. The molecule has 4 heteroatoms. The number of nitrogens with zero attached hydrogens (tertiary/aromatic N) is 1. The lowest BCUT2D eigenvalue weighted by Gasteiger charge is -2.33. The smallest absolute Gasteiger partial charge is 0.165 e. The summed E-state index contributed by atoms with van der Waals surface area (Å²) in [5.74, 6) is 0.904. The molecule has 0 saturated carbocycles. The van der Waals surface area contributed by atoms with Gasteiger partial charge in [-0.25, -0.2) is 0 Å². The van der Waals surface area contributed by atoms with Gasteiger partial charge in [-0.1, -0.05) is 32.0 Å². The maximum atomic E-state index is 12.9. The van der Waals surface area contributed by atoms with E-state index in [1.54, 1.807) is 12.4 Å². The number of allylic oxidation sites excluding steroid dienone is 1. The van der Waals surface area contributed by atoms with E-state index in [9.17, 15) is 4.79 Å². The van der Waals surface area contributed by atoms with Gasteiger partial charge in [-0.2, -0.15) is 0 Å². The number of hydrogen-bond donors (Lipinski definition) is 1. The number of aromatic nitrogens is 1. The summed E-state index contributed by atoms with van der Waals surface area (Å²) in [5, 5.41) is 3.46. The van der Waals surface area contributed by atoms with Gasteiger partial charge in [0.05, 0.1) is 11.3 Å². The number of carbonyl (C=O) groups is 1. The molecular weight excluding hydrogens is 300 g/mol. The van der Waals surface area contributed by atoms with Gasteiger partial charge >= 0.3 is 0 Å². The molecule has 4 nitrogen and oxygen atoms in total. The minimum atomic E-state index is -0.423. The molecule has 122 valence electrons. The minimum absolute atomic E-state index is 0.0539. The van der Waals surface area contributed by atoms with E-state index in [1.165, 1.54) is 0 Å². The number of hydrogen-bond acceptors (Lipinski definition) is 4. The largest absolute Gasteiger partial charge is 0.479 e. The van der Waals surface area contributed by atoms with Crippen molar-refractivity contribution in [3.8, 4) is 5.75 Å². The molecule has 2 aromatic rings. The number of carbonyl (C=O) groups excluding carboxylic acids is 1. The second kappa shape index (κ2) is 5.48. The molecule has 0 bridgehead atoms. The molecule has 1 aliphatic heterocycles. The third kappa shape index (κ3) is 2.58. The van der Waals surface area contributed by atoms with E-state index in [1.807, 2.05) is 36.4 Å². The highest BCUT2D eigenvalue weighted by Crippen LogP contribution is 2.46. The number of benzene rings is 1. The zero-order valence-electron chi connectivity index (χ0n) is 13.9. The van der Waals surface area contributed by atoms with Gasteiger partial charge < -0.3 is 10.1 Å². The zero-order valence-corrected chi connectivity index (χ0v) is 13.9. The fourth-order valence-corrected chi connectivity index (χ4v) is 3.54. The Balaban J connectivity index is 1.89. The van der Waals surface area contributed by atoms with Crippen LogP contribution >= 0.6 is 0 Å². The summed E-state index contributed by atoms with van der Waals surface area (Å²) in [4.78, 5) is 17.1. The Bertz CT molecular complexity index is 825. The summed E-state index contributed by atoms with van der Waals surface area (Å²) < 4.78 is 6.27. The minimum Gasteiger partial charge on any atom is -0.479 e. The molecule has 1 aromatic heterocycles. The Morgan fingerprint density at radius 2 is 2.00 bits per heavy atom. The summed E-state index contributed by atoms with van der Waals surface area (Å²) in [7, 11) is 0. The first-order valence-electron chi connectivity index (χ1n) is 8.22. The van der Waals surface area contributed by atoms with Crippen LogP contribution in [0.15, 0.2) is 60.1 Å². The van der Waals surface area contributed by atoms with Gasteiger partial charge in [-0.15, -0.1) is 0 Å². The third-order valence-corrected chi connectivity index (χ3v) is 4.59. The average Bonchev–Trinajstić information content (AvgIpc) is 2.70. The van der Waals surface area contributed by atoms with E-state index in [0.717, 1.165) is 34.7 Å². The van der Waals surface area contributed by atoms with Crippen LogP contribution in [0.4, 0.5) is 5.69 Å². The second-order valence-corrected chi connectivity index (χ2v) is 7.24. The Labute approximate surface area is 141 Å². The Morgan fingerprint density at radius 3 is 2.79 bits per heavy atom.